The van der Waals surface area contributed by atoms with Crippen molar-refractivity contribution in [1.82, 2.24) is 25.4 Å². The van der Waals surface area contributed by atoms with Crippen molar-refractivity contribution in [2.45, 2.75) is 39.3 Å². The highest BCUT2D eigenvalue weighted by atomic mass is 16.1. The molecular formula is C22H27N5O. The number of rotatable bonds is 3. The molecule has 1 aromatic carbocycles. The predicted octanol–water partition coefficient (Wildman–Crippen LogP) is 3.06. The van der Waals surface area contributed by atoms with Crippen LogP contribution in [0.2, 0.25) is 0 Å². The lowest BCUT2D eigenvalue weighted by atomic mass is 9.89. The third kappa shape index (κ3) is 3.29. The summed E-state index contributed by atoms with van der Waals surface area (Å²) in [5.74, 6) is 0.370. The average Bonchev–Trinajstić information content (AvgIpc) is 2.98. The third-order valence-corrected chi connectivity index (χ3v) is 5.80. The number of aryl methyl sites for hydroxylation is 2. The van der Waals surface area contributed by atoms with Gasteiger partial charge in [-0.05, 0) is 38.8 Å². The minimum atomic E-state index is -0.0620. The summed E-state index contributed by atoms with van der Waals surface area (Å²) in [6.07, 6.45) is 1.06. The molecule has 0 radical (unpaired) electrons. The minimum Gasteiger partial charge on any atom is -0.347 e. The van der Waals surface area contributed by atoms with Gasteiger partial charge in [-0.2, -0.15) is 5.10 Å². The highest BCUT2D eigenvalue weighted by molar-refractivity contribution is 6.07. The molecule has 4 rings (SSSR count). The molecule has 3 atom stereocenters. The van der Waals surface area contributed by atoms with Crippen LogP contribution in [0.3, 0.4) is 0 Å². The number of nitrogens with zero attached hydrogens (tertiary/aromatic N) is 3. The van der Waals surface area contributed by atoms with Crippen molar-refractivity contribution in [3.63, 3.8) is 0 Å². The summed E-state index contributed by atoms with van der Waals surface area (Å²) in [5.41, 5.74) is 3.95. The van der Waals surface area contributed by atoms with Gasteiger partial charge in [-0.15, -0.1) is 0 Å². The van der Waals surface area contributed by atoms with E-state index in [-0.39, 0.29) is 18.0 Å². The molecule has 6 nitrogen and oxygen atoms in total. The molecule has 2 N–H and O–H groups in total. The number of benzene rings is 1. The van der Waals surface area contributed by atoms with Crippen LogP contribution >= 0.6 is 0 Å². The molecule has 2 aromatic heterocycles. The van der Waals surface area contributed by atoms with Crippen LogP contribution in [0.1, 0.15) is 36.3 Å². The fraction of sp³-hybridized carbons (Fsp3) is 0.409. The topological polar surface area (TPSA) is 71.8 Å². The normalized spacial score (nSPS) is 22.4. The van der Waals surface area contributed by atoms with E-state index < -0.39 is 0 Å². The van der Waals surface area contributed by atoms with E-state index >= 15 is 0 Å². The van der Waals surface area contributed by atoms with E-state index in [0.717, 1.165) is 41.0 Å². The Morgan fingerprint density at radius 3 is 2.71 bits per heavy atom. The predicted molar refractivity (Wildman–Crippen MR) is 111 cm³/mol. The standard InChI is InChI=1S/C22H27N5O/c1-13-10-11-23-15(3)20(13)25-22(28)17-12-18(16-8-6-5-7-9-16)24-21-19(17)14(2)26-27(21)4/h5-9,12-13,15,20,23H,10-11H2,1-4H3,(H,25,28). The highest BCUT2D eigenvalue weighted by Crippen LogP contribution is 2.27. The molecule has 1 fully saturated rings. The number of nitrogens with one attached hydrogen (secondary N) is 2. The molecule has 28 heavy (non-hydrogen) atoms. The number of hydrogen-bond donors (Lipinski definition) is 2. The summed E-state index contributed by atoms with van der Waals surface area (Å²) >= 11 is 0. The van der Waals surface area contributed by atoms with E-state index in [1.807, 2.05) is 50.4 Å². The molecule has 1 saturated heterocycles. The van der Waals surface area contributed by atoms with Crippen molar-refractivity contribution in [2.24, 2.45) is 13.0 Å². The Bertz CT molecular complexity index is 1000. The maximum absolute atomic E-state index is 13.4. The Hall–Kier alpha value is -2.73. The van der Waals surface area contributed by atoms with Crippen LogP contribution in [-0.4, -0.2) is 39.3 Å². The second-order valence-electron chi connectivity index (χ2n) is 7.84. The summed E-state index contributed by atoms with van der Waals surface area (Å²) < 4.78 is 1.75. The molecule has 1 amide bonds. The van der Waals surface area contributed by atoms with Crippen molar-refractivity contribution in [3.8, 4) is 11.3 Å². The van der Waals surface area contributed by atoms with E-state index in [1.165, 1.54) is 0 Å². The average molecular weight is 377 g/mol. The van der Waals surface area contributed by atoms with Crippen molar-refractivity contribution in [2.75, 3.05) is 6.54 Å². The van der Waals surface area contributed by atoms with Gasteiger partial charge in [0.15, 0.2) is 5.65 Å². The van der Waals surface area contributed by atoms with E-state index in [1.54, 1.807) is 4.68 Å². The van der Waals surface area contributed by atoms with Crippen LogP contribution in [0.4, 0.5) is 0 Å². The van der Waals surface area contributed by atoms with Crippen molar-refractivity contribution < 1.29 is 4.79 Å². The second-order valence-corrected chi connectivity index (χ2v) is 7.84. The number of pyridine rings is 1. The SMILES string of the molecule is Cc1nn(C)c2nc(-c3ccccc3)cc(C(=O)NC3C(C)CCNC3C)c12. The highest BCUT2D eigenvalue weighted by Gasteiger charge is 2.30. The van der Waals surface area contributed by atoms with Crippen LogP contribution in [-0.2, 0) is 7.05 Å². The van der Waals surface area contributed by atoms with Crippen LogP contribution in [0.5, 0.6) is 0 Å². The molecular weight excluding hydrogens is 350 g/mol. The largest absolute Gasteiger partial charge is 0.347 e. The number of amides is 1. The molecule has 0 bridgehead atoms. The monoisotopic (exact) mass is 377 g/mol. The molecule has 1 aliphatic rings. The van der Waals surface area contributed by atoms with E-state index in [0.29, 0.717) is 11.5 Å². The molecule has 6 heteroatoms. The van der Waals surface area contributed by atoms with Crippen molar-refractivity contribution >= 4 is 16.9 Å². The van der Waals surface area contributed by atoms with Crippen LogP contribution in [0.15, 0.2) is 36.4 Å². The van der Waals surface area contributed by atoms with Gasteiger partial charge < -0.3 is 10.6 Å². The van der Waals surface area contributed by atoms with E-state index in [4.69, 9.17) is 4.98 Å². The van der Waals surface area contributed by atoms with E-state index in [2.05, 4.69) is 29.6 Å². The smallest absolute Gasteiger partial charge is 0.252 e. The molecule has 3 aromatic rings. The summed E-state index contributed by atoms with van der Waals surface area (Å²) in [5, 5.41) is 12.1. The van der Waals surface area contributed by atoms with Crippen LogP contribution < -0.4 is 10.6 Å². The van der Waals surface area contributed by atoms with Crippen LogP contribution in [0, 0.1) is 12.8 Å². The van der Waals surface area contributed by atoms with Gasteiger partial charge in [-0.25, -0.2) is 4.98 Å². The van der Waals surface area contributed by atoms with Gasteiger partial charge in [-0.3, -0.25) is 9.48 Å². The maximum atomic E-state index is 13.4. The molecule has 146 valence electrons. The Morgan fingerprint density at radius 1 is 1.25 bits per heavy atom. The zero-order valence-corrected chi connectivity index (χ0v) is 16.9. The molecule has 1 aliphatic heterocycles. The molecule has 0 aliphatic carbocycles. The zero-order chi connectivity index (χ0) is 19.8. The Morgan fingerprint density at radius 2 is 2.00 bits per heavy atom. The van der Waals surface area contributed by atoms with Crippen molar-refractivity contribution in [3.05, 3.63) is 47.7 Å². The molecule has 3 heterocycles. The van der Waals surface area contributed by atoms with Crippen molar-refractivity contribution in [1.29, 1.82) is 0 Å². The summed E-state index contributed by atoms with van der Waals surface area (Å²) in [6, 6.07) is 12.2. The first-order chi connectivity index (χ1) is 13.5. The zero-order valence-electron chi connectivity index (χ0n) is 16.9. The Kier molecular flexibility index (Phi) is 4.89. The third-order valence-electron chi connectivity index (χ3n) is 5.80. The number of carbonyl (C=O) groups is 1. The van der Waals surface area contributed by atoms with Crippen LogP contribution in [0.25, 0.3) is 22.3 Å². The first-order valence-corrected chi connectivity index (χ1v) is 9.89. The molecule has 0 saturated carbocycles. The number of carbonyl (C=O) groups excluding carboxylic acids is 1. The summed E-state index contributed by atoms with van der Waals surface area (Å²) in [6.45, 7) is 7.26. The fourth-order valence-electron chi connectivity index (χ4n) is 4.22. The number of piperidine rings is 1. The second kappa shape index (κ2) is 7.36. The number of fused-ring (bicyclic) bond motifs is 1. The lowest BCUT2D eigenvalue weighted by Gasteiger charge is -2.36. The van der Waals surface area contributed by atoms with Gasteiger partial charge >= 0.3 is 0 Å². The fourth-order valence-corrected chi connectivity index (χ4v) is 4.22. The molecule has 3 unspecified atom stereocenters. The van der Waals surface area contributed by atoms with E-state index in [9.17, 15) is 4.79 Å². The first-order valence-electron chi connectivity index (χ1n) is 9.89. The quantitative estimate of drug-likeness (QED) is 0.736. The van der Waals surface area contributed by atoms with Gasteiger partial charge in [0.05, 0.1) is 22.3 Å². The lowest BCUT2D eigenvalue weighted by Crippen LogP contribution is -2.55. The Labute approximate surface area is 165 Å². The summed E-state index contributed by atoms with van der Waals surface area (Å²) in [4.78, 5) is 18.2. The van der Waals surface area contributed by atoms with Gasteiger partial charge in [-0.1, -0.05) is 37.3 Å². The number of hydrogen-bond acceptors (Lipinski definition) is 4. The maximum Gasteiger partial charge on any atom is 0.252 e. The Balaban J connectivity index is 1.79. The lowest BCUT2D eigenvalue weighted by molar-refractivity contribution is 0.0899. The van der Waals surface area contributed by atoms with Gasteiger partial charge in [0.25, 0.3) is 5.91 Å². The minimum absolute atomic E-state index is 0.0620. The number of aromatic nitrogens is 3. The van der Waals surface area contributed by atoms with Gasteiger partial charge in [0, 0.05) is 24.7 Å². The van der Waals surface area contributed by atoms with Gasteiger partial charge in [0.1, 0.15) is 0 Å². The first kappa shape index (κ1) is 18.6. The summed E-state index contributed by atoms with van der Waals surface area (Å²) in [7, 11) is 1.87. The van der Waals surface area contributed by atoms with Gasteiger partial charge in [0.2, 0.25) is 0 Å². The molecule has 0 spiro atoms.